The van der Waals surface area contributed by atoms with Crippen LogP contribution in [0.5, 0.6) is 0 Å². The SMILES string of the molecule is CN(C)[C@H]1[C@H]2CC[C@@](C)([C@H]1N(C)C)C2(C)C. The van der Waals surface area contributed by atoms with Gasteiger partial charge >= 0.3 is 0 Å². The molecule has 2 nitrogen and oxygen atoms in total. The number of rotatable bonds is 2. The minimum absolute atomic E-state index is 0.482. The summed E-state index contributed by atoms with van der Waals surface area (Å²) < 4.78 is 0. The Morgan fingerprint density at radius 3 is 1.88 bits per heavy atom. The fourth-order valence-corrected chi connectivity index (χ4v) is 4.80. The van der Waals surface area contributed by atoms with E-state index in [1.54, 1.807) is 0 Å². The molecule has 2 fully saturated rings. The van der Waals surface area contributed by atoms with Crippen molar-refractivity contribution < 1.29 is 0 Å². The Labute approximate surface area is 101 Å². The van der Waals surface area contributed by atoms with Gasteiger partial charge in [-0.05, 0) is 57.8 Å². The Morgan fingerprint density at radius 2 is 1.50 bits per heavy atom. The molecule has 0 N–H and O–H groups in total. The first-order valence-electron chi connectivity index (χ1n) is 6.56. The molecule has 0 aromatic carbocycles. The first kappa shape index (κ1) is 12.4. The zero-order valence-electron chi connectivity index (χ0n) is 12.0. The fourth-order valence-electron chi connectivity index (χ4n) is 4.80. The monoisotopic (exact) mass is 224 g/mol. The molecule has 0 spiro atoms. The molecule has 94 valence electrons. The standard InChI is InChI=1S/C14H28N2/c1-13(2)10-8-9-14(13,3)12(16(6)7)11(10)15(4)5/h10-12H,8-9H2,1-7H3/t10-,11+,12+,14+/m1/s1. The Morgan fingerprint density at radius 1 is 0.938 bits per heavy atom. The molecule has 0 heterocycles. The van der Waals surface area contributed by atoms with Gasteiger partial charge in [-0.1, -0.05) is 20.8 Å². The summed E-state index contributed by atoms with van der Waals surface area (Å²) in [6, 6.07) is 1.43. The third-order valence-electron chi connectivity index (χ3n) is 5.91. The fraction of sp³-hybridized carbons (Fsp3) is 1.00. The van der Waals surface area contributed by atoms with Crippen molar-refractivity contribution in [3.8, 4) is 0 Å². The summed E-state index contributed by atoms with van der Waals surface area (Å²) in [5.41, 5.74) is 0.965. The molecule has 0 aromatic rings. The highest BCUT2D eigenvalue weighted by molar-refractivity contribution is 5.19. The Balaban J connectivity index is 2.44. The lowest BCUT2D eigenvalue weighted by Crippen LogP contribution is -2.53. The Bertz CT molecular complexity index is 282. The van der Waals surface area contributed by atoms with E-state index in [-0.39, 0.29) is 0 Å². The van der Waals surface area contributed by atoms with E-state index in [1.165, 1.54) is 12.8 Å². The van der Waals surface area contributed by atoms with Crippen LogP contribution in [0.15, 0.2) is 0 Å². The van der Waals surface area contributed by atoms with Crippen LogP contribution in [0.1, 0.15) is 33.6 Å². The van der Waals surface area contributed by atoms with Crippen molar-refractivity contribution in [2.75, 3.05) is 28.2 Å². The van der Waals surface area contributed by atoms with Gasteiger partial charge in [-0.3, -0.25) is 0 Å². The van der Waals surface area contributed by atoms with Gasteiger partial charge in [-0.25, -0.2) is 0 Å². The highest BCUT2D eigenvalue weighted by Gasteiger charge is 2.66. The molecule has 2 rings (SSSR count). The minimum atomic E-state index is 0.482. The molecular weight excluding hydrogens is 196 g/mol. The van der Waals surface area contributed by atoms with E-state index in [0.717, 1.165) is 12.0 Å². The molecule has 0 saturated heterocycles. The summed E-state index contributed by atoms with van der Waals surface area (Å²) in [5, 5.41) is 0. The molecule has 4 atom stereocenters. The lowest BCUT2D eigenvalue weighted by Gasteiger charge is -2.45. The summed E-state index contributed by atoms with van der Waals surface area (Å²) in [7, 11) is 9.01. The largest absolute Gasteiger partial charge is 0.305 e. The Kier molecular flexibility index (Phi) is 2.67. The smallest absolute Gasteiger partial charge is 0.0307 e. The third kappa shape index (κ3) is 1.26. The summed E-state index contributed by atoms with van der Waals surface area (Å²) >= 11 is 0. The van der Waals surface area contributed by atoms with E-state index < -0.39 is 0 Å². The quantitative estimate of drug-likeness (QED) is 0.710. The predicted molar refractivity (Wildman–Crippen MR) is 69.6 cm³/mol. The number of hydrogen-bond donors (Lipinski definition) is 0. The van der Waals surface area contributed by atoms with Crippen LogP contribution in [0.3, 0.4) is 0 Å². The maximum absolute atomic E-state index is 2.52. The maximum Gasteiger partial charge on any atom is 0.0307 e. The van der Waals surface area contributed by atoms with Crippen LogP contribution in [0.4, 0.5) is 0 Å². The molecule has 0 radical (unpaired) electrons. The first-order chi connectivity index (χ1) is 7.23. The van der Waals surface area contributed by atoms with E-state index >= 15 is 0 Å². The molecule has 2 heteroatoms. The average Bonchev–Trinajstić information content (AvgIpc) is 2.45. The minimum Gasteiger partial charge on any atom is -0.305 e. The average molecular weight is 224 g/mol. The molecule has 2 aliphatic rings. The molecule has 2 saturated carbocycles. The normalized spacial score (nSPS) is 45.9. The van der Waals surface area contributed by atoms with E-state index in [0.29, 0.717) is 16.9 Å². The van der Waals surface area contributed by atoms with Gasteiger partial charge < -0.3 is 9.80 Å². The van der Waals surface area contributed by atoms with Gasteiger partial charge in [0.05, 0.1) is 0 Å². The number of likely N-dealkylation sites (N-methyl/N-ethyl adjacent to an activating group) is 2. The van der Waals surface area contributed by atoms with Crippen LogP contribution >= 0.6 is 0 Å². The highest BCUT2D eigenvalue weighted by atomic mass is 15.2. The Hall–Kier alpha value is -0.0800. The van der Waals surface area contributed by atoms with Crippen LogP contribution in [0, 0.1) is 16.7 Å². The van der Waals surface area contributed by atoms with Crippen LogP contribution in [-0.4, -0.2) is 50.1 Å². The molecule has 0 unspecified atom stereocenters. The van der Waals surface area contributed by atoms with Gasteiger partial charge in [-0.15, -0.1) is 0 Å². The van der Waals surface area contributed by atoms with Gasteiger partial charge in [-0.2, -0.15) is 0 Å². The van der Waals surface area contributed by atoms with E-state index in [2.05, 4.69) is 58.8 Å². The van der Waals surface area contributed by atoms with Crippen LogP contribution in [-0.2, 0) is 0 Å². The lowest BCUT2D eigenvalue weighted by molar-refractivity contribution is 0.0443. The van der Waals surface area contributed by atoms with Crippen LogP contribution in [0.2, 0.25) is 0 Å². The van der Waals surface area contributed by atoms with Gasteiger partial charge in [0, 0.05) is 12.1 Å². The second-order valence-corrected chi connectivity index (χ2v) is 7.15. The van der Waals surface area contributed by atoms with Crippen molar-refractivity contribution >= 4 is 0 Å². The zero-order chi connectivity index (χ0) is 12.3. The highest BCUT2D eigenvalue weighted by Crippen LogP contribution is 2.67. The van der Waals surface area contributed by atoms with Crippen molar-refractivity contribution in [1.29, 1.82) is 0 Å². The van der Waals surface area contributed by atoms with Crippen LogP contribution < -0.4 is 0 Å². The molecule has 0 amide bonds. The van der Waals surface area contributed by atoms with Gasteiger partial charge in [0.15, 0.2) is 0 Å². The summed E-state index contributed by atoms with van der Waals surface area (Å²) in [6.45, 7) is 7.50. The number of nitrogens with zero attached hydrogens (tertiary/aromatic N) is 2. The van der Waals surface area contributed by atoms with Gasteiger partial charge in [0.2, 0.25) is 0 Å². The zero-order valence-corrected chi connectivity index (χ0v) is 12.0. The molecule has 0 aliphatic heterocycles. The third-order valence-corrected chi connectivity index (χ3v) is 5.91. The van der Waals surface area contributed by atoms with Crippen molar-refractivity contribution in [1.82, 2.24) is 9.80 Å². The molecular formula is C14H28N2. The first-order valence-corrected chi connectivity index (χ1v) is 6.56. The van der Waals surface area contributed by atoms with Crippen molar-refractivity contribution in [2.45, 2.75) is 45.7 Å². The summed E-state index contributed by atoms with van der Waals surface area (Å²) in [5.74, 6) is 0.861. The van der Waals surface area contributed by atoms with E-state index in [4.69, 9.17) is 0 Å². The molecule has 2 bridgehead atoms. The number of hydrogen-bond acceptors (Lipinski definition) is 2. The van der Waals surface area contributed by atoms with Crippen molar-refractivity contribution in [3.63, 3.8) is 0 Å². The van der Waals surface area contributed by atoms with Gasteiger partial charge in [0.25, 0.3) is 0 Å². The predicted octanol–water partition coefficient (Wildman–Crippen LogP) is 2.30. The van der Waals surface area contributed by atoms with Gasteiger partial charge in [0.1, 0.15) is 0 Å². The van der Waals surface area contributed by atoms with Crippen molar-refractivity contribution in [3.05, 3.63) is 0 Å². The van der Waals surface area contributed by atoms with Crippen LogP contribution in [0.25, 0.3) is 0 Å². The summed E-state index contributed by atoms with van der Waals surface area (Å²) in [6.07, 6.45) is 2.81. The second kappa shape index (κ2) is 3.46. The van der Waals surface area contributed by atoms with Crippen molar-refractivity contribution in [2.24, 2.45) is 16.7 Å². The summed E-state index contributed by atoms with van der Waals surface area (Å²) in [4.78, 5) is 4.92. The van der Waals surface area contributed by atoms with E-state index in [9.17, 15) is 0 Å². The number of fused-ring (bicyclic) bond motifs is 2. The lowest BCUT2D eigenvalue weighted by atomic mass is 9.69. The maximum atomic E-state index is 2.52. The topological polar surface area (TPSA) is 6.48 Å². The molecule has 16 heavy (non-hydrogen) atoms. The van der Waals surface area contributed by atoms with E-state index in [1.807, 2.05) is 0 Å². The molecule has 2 aliphatic carbocycles. The second-order valence-electron chi connectivity index (χ2n) is 7.15. The molecule has 0 aromatic heterocycles.